The number of aliphatic carboxylic acids is 1. The molecule has 0 saturated heterocycles. The molecule has 5 N–H and O–H groups in total. The molecule has 0 fully saturated rings. The number of aliphatic hydroxyl groups is 1. The van der Waals surface area contributed by atoms with Crippen LogP contribution >= 0.6 is 0 Å². The van der Waals surface area contributed by atoms with E-state index in [2.05, 4.69) is 5.32 Å². The van der Waals surface area contributed by atoms with Crippen LogP contribution in [0.1, 0.15) is 26.7 Å². The summed E-state index contributed by atoms with van der Waals surface area (Å²) in [5, 5.41) is 19.9. The van der Waals surface area contributed by atoms with Gasteiger partial charge in [-0.05, 0) is 32.3 Å². The second-order valence-electron chi connectivity index (χ2n) is 5.22. The molecule has 21 heavy (non-hydrogen) atoms. The molecule has 8 nitrogen and oxygen atoms in total. The molecule has 0 radical (unpaired) electrons. The Morgan fingerprint density at radius 2 is 2.05 bits per heavy atom. The molecule has 1 rings (SSSR count). The van der Waals surface area contributed by atoms with E-state index in [4.69, 9.17) is 20.7 Å². The molecule has 8 heteroatoms. The summed E-state index contributed by atoms with van der Waals surface area (Å²) in [6, 6.07) is -1.08. The normalized spacial score (nSPS) is 18.4. The first-order chi connectivity index (χ1) is 9.70. The van der Waals surface area contributed by atoms with Gasteiger partial charge in [-0.3, -0.25) is 9.59 Å². The fraction of sp³-hybridized carbons (Fsp3) is 0.615. The third-order valence-electron chi connectivity index (χ3n) is 3.23. The van der Waals surface area contributed by atoms with E-state index in [0.717, 1.165) is 0 Å². The van der Waals surface area contributed by atoms with Crippen molar-refractivity contribution in [2.24, 2.45) is 5.73 Å². The Labute approximate surface area is 121 Å². The summed E-state index contributed by atoms with van der Waals surface area (Å²) in [7, 11) is 0. The standard InChI is InChI=1S/C13H20N2O6/c1-13(2)7(3-4-8(14)11(18)19)9(12(20)21-13)10(17)15-5-6-16/h8,16H,3-6,14H2,1-2H3,(H,15,17)(H,18,19)/t8-/m0/s1. The average molecular weight is 300 g/mol. The van der Waals surface area contributed by atoms with E-state index in [1.54, 1.807) is 13.8 Å². The zero-order valence-corrected chi connectivity index (χ0v) is 12.0. The number of carbonyl (C=O) groups is 3. The fourth-order valence-corrected chi connectivity index (χ4v) is 2.11. The summed E-state index contributed by atoms with van der Waals surface area (Å²) in [6.07, 6.45) is 0.246. The van der Waals surface area contributed by atoms with E-state index >= 15 is 0 Å². The topological polar surface area (TPSA) is 139 Å². The lowest BCUT2D eigenvalue weighted by molar-refractivity contribution is -0.145. The van der Waals surface area contributed by atoms with Crippen molar-refractivity contribution in [3.8, 4) is 0 Å². The van der Waals surface area contributed by atoms with Crippen molar-refractivity contribution in [2.75, 3.05) is 13.2 Å². The molecule has 1 aliphatic rings. The van der Waals surface area contributed by atoms with Crippen molar-refractivity contribution < 1.29 is 29.3 Å². The summed E-state index contributed by atoms with van der Waals surface area (Å²) < 4.78 is 5.14. The minimum atomic E-state index is -1.15. The van der Waals surface area contributed by atoms with Crippen LogP contribution in [0.15, 0.2) is 11.1 Å². The molecule has 0 saturated carbocycles. The number of carboxylic acid groups (broad SMARTS) is 1. The highest BCUT2D eigenvalue weighted by Crippen LogP contribution is 2.35. The van der Waals surface area contributed by atoms with E-state index in [1.807, 2.05) is 0 Å². The minimum absolute atomic E-state index is 0.0119. The number of carboxylic acids is 1. The Balaban J connectivity index is 2.98. The predicted octanol–water partition coefficient (Wildman–Crippen LogP) is -1.08. The van der Waals surface area contributed by atoms with Crippen LogP contribution in [0.4, 0.5) is 0 Å². The lowest BCUT2D eigenvalue weighted by Gasteiger charge is -2.21. The van der Waals surface area contributed by atoms with Crippen LogP contribution in [0.3, 0.4) is 0 Å². The Kier molecular flexibility index (Phi) is 5.45. The Hall–Kier alpha value is -1.93. The van der Waals surface area contributed by atoms with Gasteiger partial charge in [0.25, 0.3) is 5.91 Å². The number of hydrogen-bond acceptors (Lipinski definition) is 6. The van der Waals surface area contributed by atoms with E-state index < -0.39 is 29.5 Å². The van der Waals surface area contributed by atoms with Crippen LogP contribution in [0, 0.1) is 0 Å². The third-order valence-corrected chi connectivity index (χ3v) is 3.23. The van der Waals surface area contributed by atoms with Crippen molar-refractivity contribution >= 4 is 17.8 Å². The molecule has 0 aromatic heterocycles. The molecule has 1 heterocycles. The molecular weight excluding hydrogens is 280 g/mol. The number of carbonyl (C=O) groups excluding carboxylic acids is 2. The second kappa shape index (κ2) is 6.68. The van der Waals surface area contributed by atoms with Crippen LogP contribution in [-0.2, 0) is 19.1 Å². The maximum atomic E-state index is 12.0. The van der Waals surface area contributed by atoms with Crippen molar-refractivity contribution in [1.82, 2.24) is 5.32 Å². The van der Waals surface area contributed by atoms with Gasteiger partial charge in [0, 0.05) is 6.54 Å². The predicted molar refractivity (Wildman–Crippen MR) is 72.1 cm³/mol. The number of nitrogens with two attached hydrogens (primary N) is 1. The van der Waals surface area contributed by atoms with Gasteiger partial charge in [-0.25, -0.2) is 4.79 Å². The van der Waals surface area contributed by atoms with Crippen LogP contribution in [0.5, 0.6) is 0 Å². The zero-order valence-electron chi connectivity index (χ0n) is 12.0. The number of ether oxygens (including phenoxy) is 1. The summed E-state index contributed by atoms with van der Waals surface area (Å²) in [5.74, 6) is -2.54. The van der Waals surface area contributed by atoms with Crippen LogP contribution < -0.4 is 11.1 Å². The van der Waals surface area contributed by atoms with Gasteiger partial charge < -0.3 is 26.0 Å². The van der Waals surface area contributed by atoms with Crippen LogP contribution in [0.2, 0.25) is 0 Å². The summed E-state index contributed by atoms with van der Waals surface area (Å²) >= 11 is 0. The molecule has 0 bridgehead atoms. The van der Waals surface area contributed by atoms with E-state index in [9.17, 15) is 14.4 Å². The third kappa shape index (κ3) is 4.02. The molecule has 118 valence electrons. The quantitative estimate of drug-likeness (QED) is 0.346. The van der Waals surface area contributed by atoms with E-state index in [0.29, 0.717) is 5.57 Å². The lowest BCUT2D eigenvalue weighted by atomic mass is 9.90. The number of rotatable bonds is 7. The molecule has 0 aromatic rings. The fourth-order valence-electron chi connectivity index (χ4n) is 2.11. The SMILES string of the molecule is CC1(C)OC(=O)C(C(=O)NCCO)=C1CC[C@H](N)C(=O)O. The molecular formula is C13H20N2O6. The number of nitrogens with one attached hydrogen (secondary N) is 1. The maximum absolute atomic E-state index is 12.0. The summed E-state index contributed by atoms with van der Waals surface area (Å²) in [5.41, 5.74) is 4.74. The maximum Gasteiger partial charge on any atom is 0.344 e. The van der Waals surface area contributed by atoms with Gasteiger partial charge in [-0.1, -0.05) is 0 Å². The number of hydrogen-bond donors (Lipinski definition) is 4. The van der Waals surface area contributed by atoms with Crippen LogP contribution in [-0.4, -0.2) is 52.9 Å². The molecule has 0 spiro atoms. The van der Waals surface area contributed by atoms with Gasteiger partial charge in [0.05, 0.1) is 6.61 Å². The van der Waals surface area contributed by atoms with Gasteiger partial charge >= 0.3 is 11.9 Å². The highest BCUT2D eigenvalue weighted by Gasteiger charge is 2.43. The Bertz CT molecular complexity index is 483. The molecule has 0 unspecified atom stereocenters. The average Bonchev–Trinajstić information content (AvgIpc) is 2.61. The number of cyclic esters (lactones) is 1. The lowest BCUT2D eigenvalue weighted by Crippen LogP contribution is -2.32. The number of aliphatic hydroxyl groups excluding tert-OH is 1. The van der Waals surface area contributed by atoms with Crippen molar-refractivity contribution in [3.63, 3.8) is 0 Å². The highest BCUT2D eigenvalue weighted by atomic mass is 16.6. The summed E-state index contributed by atoms with van der Waals surface area (Å²) in [4.78, 5) is 34.5. The van der Waals surface area contributed by atoms with Crippen molar-refractivity contribution in [3.05, 3.63) is 11.1 Å². The highest BCUT2D eigenvalue weighted by molar-refractivity contribution is 6.18. The molecule has 0 aromatic carbocycles. The minimum Gasteiger partial charge on any atom is -0.480 e. The van der Waals surface area contributed by atoms with E-state index in [1.165, 1.54) is 0 Å². The molecule has 1 amide bonds. The second-order valence-corrected chi connectivity index (χ2v) is 5.22. The van der Waals surface area contributed by atoms with Crippen LogP contribution in [0.25, 0.3) is 0 Å². The number of amides is 1. The van der Waals surface area contributed by atoms with Gasteiger partial charge in [-0.15, -0.1) is 0 Å². The van der Waals surface area contributed by atoms with Gasteiger partial charge in [0.15, 0.2) is 0 Å². The first-order valence-electron chi connectivity index (χ1n) is 6.55. The smallest absolute Gasteiger partial charge is 0.344 e. The summed E-state index contributed by atoms with van der Waals surface area (Å²) in [6.45, 7) is 3.01. The Morgan fingerprint density at radius 1 is 1.43 bits per heavy atom. The monoisotopic (exact) mass is 300 g/mol. The zero-order chi connectivity index (χ0) is 16.2. The van der Waals surface area contributed by atoms with Crippen molar-refractivity contribution in [1.29, 1.82) is 0 Å². The molecule has 1 aliphatic heterocycles. The first-order valence-corrected chi connectivity index (χ1v) is 6.55. The Morgan fingerprint density at radius 3 is 2.57 bits per heavy atom. The largest absolute Gasteiger partial charge is 0.480 e. The number of esters is 1. The first kappa shape index (κ1) is 17.1. The molecule has 0 aliphatic carbocycles. The van der Waals surface area contributed by atoms with Gasteiger partial charge in [0.2, 0.25) is 0 Å². The molecule has 1 atom stereocenters. The van der Waals surface area contributed by atoms with E-state index in [-0.39, 0.29) is 31.6 Å². The van der Waals surface area contributed by atoms with Crippen molar-refractivity contribution in [2.45, 2.75) is 38.3 Å². The van der Waals surface area contributed by atoms with Gasteiger partial charge in [0.1, 0.15) is 17.2 Å². The van der Waals surface area contributed by atoms with Gasteiger partial charge in [-0.2, -0.15) is 0 Å².